The summed E-state index contributed by atoms with van der Waals surface area (Å²) in [5.74, 6) is 1.00. The molecule has 0 aliphatic carbocycles. The molecule has 0 aromatic carbocycles. The Kier molecular flexibility index (Phi) is 3.71. The molecule has 2 N–H and O–H groups in total. The molecule has 0 saturated heterocycles. The summed E-state index contributed by atoms with van der Waals surface area (Å²) in [4.78, 5) is 8.44. The molecule has 0 fully saturated rings. The zero-order valence-corrected chi connectivity index (χ0v) is 9.86. The topological polar surface area (TPSA) is 85.0 Å². The normalized spacial score (nSPS) is 10.7. The van der Waals surface area contributed by atoms with Gasteiger partial charge in [-0.3, -0.25) is 5.10 Å². The van der Waals surface area contributed by atoms with Crippen molar-refractivity contribution in [1.82, 2.24) is 20.2 Å². The first-order chi connectivity index (χ1) is 8.35. The average molecular weight is 237 g/mol. The van der Waals surface area contributed by atoms with E-state index in [1.165, 1.54) is 0 Å². The van der Waals surface area contributed by atoms with Gasteiger partial charge in [-0.2, -0.15) is 15.1 Å². The minimum Gasteiger partial charge on any atom is -0.475 e. The molecule has 0 unspecified atom stereocenters. The van der Waals surface area contributed by atoms with E-state index in [9.17, 15) is 0 Å². The standard InChI is InChI=1S/C10H15N5O2/c1-3-16-4-5-17-9-7-6-12-15-8(7)13-10(11-2)14-9/h6H,3-5H2,1-2H3,(H2,11,12,13,14,15). The zero-order chi connectivity index (χ0) is 12.1. The summed E-state index contributed by atoms with van der Waals surface area (Å²) in [5, 5.41) is 10.3. The third-order valence-electron chi connectivity index (χ3n) is 2.17. The number of ether oxygens (including phenoxy) is 2. The summed E-state index contributed by atoms with van der Waals surface area (Å²) in [5.41, 5.74) is 0.649. The van der Waals surface area contributed by atoms with Crippen molar-refractivity contribution < 1.29 is 9.47 Å². The maximum Gasteiger partial charge on any atom is 0.229 e. The number of hydrogen-bond acceptors (Lipinski definition) is 6. The number of nitrogens with one attached hydrogen (secondary N) is 2. The summed E-state index contributed by atoms with van der Waals surface area (Å²) in [6.07, 6.45) is 1.64. The summed E-state index contributed by atoms with van der Waals surface area (Å²) < 4.78 is 10.7. The van der Waals surface area contributed by atoms with E-state index >= 15 is 0 Å². The van der Waals surface area contributed by atoms with Crippen molar-refractivity contribution in [2.24, 2.45) is 0 Å². The average Bonchev–Trinajstić information content (AvgIpc) is 2.82. The van der Waals surface area contributed by atoms with Gasteiger partial charge in [0.2, 0.25) is 11.8 Å². The molecule has 2 aromatic heterocycles. The first-order valence-corrected chi connectivity index (χ1v) is 5.44. The highest BCUT2D eigenvalue weighted by atomic mass is 16.5. The van der Waals surface area contributed by atoms with Crippen LogP contribution in [0.4, 0.5) is 5.95 Å². The van der Waals surface area contributed by atoms with Gasteiger partial charge in [0.1, 0.15) is 12.0 Å². The van der Waals surface area contributed by atoms with Crippen molar-refractivity contribution in [3.63, 3.8) is 0 Å². The lowest BCUT2D eigenvalue weighted by atomic mass is 10.4. The van der Waals surface area contributed by atoms with Crippen LogP contribution in [0.25, 0.3) is 11.0 Å². The minimum atomic E-state index is 0.453. The Morgan fingerprint density at radius 2 is 2.24 bits per heavy atom. The van der Waals surface area contributed by atoms with Gasteiger partial charge in [-0.05, 0) is 6.92 Å². The van der Waals surface area contributed by atoms with Gasteiger partial charge in [-0.25, -0.2) is 0 Å². The van der Waals surface area contributed by atoms with Crippen molar-refractivity contribution in [3.8, 4) is 5.88 Å². The van der Waals surface area contributed by atoms with Crippen LogP contribution in [0.1, 0.15) is 6.92 Å². The fourth-order valence-corrected chi connectivity index (χ4v) is 1.37. The SMILES string of the molecule is CCOCCOc1nc(NC)nc2[nH]ncc12. The van der Waals surface area contributed by atoms with Gasteiger partial charge in [0.15, 0.2) is 5.65 Å². The van der Waals surface area contributed by atoms with Gasteiger partial charge in [0.05, 0.1) is 12.8 Å². The molecule has 0 spiro atoms. The lowest BCUT2D eigenvalue weighted by Gasteiger charge is -2.07. The molecule has 0 bridgehead atoms. The van der Waals surface area contributed by atoms with Crippen molar-refractivity contribution >= 4 is 17.0 Å². The van der Waals surface area contributed by atoms with Gasteiger partial charge in [-0.15, -0.1) is 0 Å². The Morgan fingerprint density at radius 3 is 3.00 bits per heavy atom. The lowest BCUT2D eigenvalue weighted by Crippen LogP contribution is -2.08. The number of fused-ring (bicyclic) bond motifs is 1. The second kappa shape index (κ2) is 5.44. The van der Waals surface area contributed by atoms with Gasteiger partial charge >= 0.3 is 0 Å². The molecule has 7 heteroatoms. The van der Waals surface area contributed by atoms with E-state index in [2.05, 4.69) is 25.5 Å². The van der Waals surface area contributed by atoms with Crippen LogP contribution in [-0.4, -0.2) is 47.0 Å². The van der Waals surface area contributed by atoms with Crippen LogP contribution in [0.15, 0.2) is 6.20 Å². The predicted octanol–water partition coefficient (Wildman–Crippen LogP) is 0.810. The quantitative estimate of drug-likeness (QED) is 0.723. The summed E-state index contributed by atoms with van der Waals surface area (Å²) in [6, 6.07) is 0. The summed E-state index contributed by atoms with van der Waals surface area (Å²) in [7, 11) is 1.75. The highest BCUT2D eigenvalue weighted by Gasteiger charge is 2.09. The maximum atomic E-state index is 5.55. The maximum absolute atomic E-state index is 5.55. The lowest BCUT2D eigenvalue weighted by molar-refractivity contribution is 0.109. The van der Waals surface area contributed by atoms with Crippen LogP contribution in [0.3, 0.4) is 0 Å². The molecule has 0 aliphatic heterocycles. The van der Waals surface area contributed by atoms with Crippen molar-refractivity contribution in [2.75, 3.05) is 32.2 Å². The molecule has 0 aliphatic rings. The van der Waals surface area contributed by atoms with Gasteiger partial charge in [0, 0.05) is 13.7 Å². The van der Waals surface area contributed by atoms with Crippen LogP contribution in [0.5, 0.6) is 5.88 Å². The molecule has 92 valence electrons. The number of anilines is 1. The number of nitrogens with zero attached hydrogens (tertiary/aromatic N) is 3. The largest absolute Gasteiger partial charge is 0.475 e. The summed E-state index contributed by atoms with van der Waals surface area (Å²) in [6.45, 7) is 3.61. The number of H-pyrrole nitrogens is 1. The van der Waals surface area contributed by atoms with E-state index in [0.717, 1.165) is 5.39 Å². The highest BCUT2D eigenvalue weighted by molar-refractivity contribution is 5.80. The van der Waals surface area contributed by atoms with E-state index in [1.807, 2.05) is 6.92 Å². The van der Waals surface area contributed by atoms with Gasteiger partial charge in [-0.1, -0.05) is 0 Å². The third kappa shape index (κ3) is 2.62. The highest BCUT2D eigenvalue weighted by Crippen LogP contribution is 2.21. The Labute approximate surface area is 98.6 Å². The van der Waals surface area contributed by atoms with E-state index in [-0.39, 0.29) is 0 Å². The molecule has 0 radical (unpaired) electrons. The molecule has 0 amide bonds. The molecule has 0 atom stereocenters. The van der Waals surface area contributed by atoms with E-state index in [1.54, 1.807) is 13.2 Å². The number of rotatable bonds is 6. The molecular formula is C10H15N5O2. The molecule has 2 rings (SSSR count). The third-order valence-corrected chi connectivity index (χ3v) is 2.17. The zero-order valence-electron chi connectivity index (χ0n) is 9.86. The van der Waals surface area contributed by atoms with Crippen LogP contribution in [0.2, 0.25) is 0 Å². The van der Waals surface area contributed by atoms with Gasteiger partial charge < -0.3 is 14.8 Å². The predicted molar refractivity (Wildman–Crippen MR) is 63.2 cm³/mol. The minimum absolute atomic E-state index is 0.453. The Bertz CT molecular complexity index is 485. The van der Waals surface area contributed by atoms with E-state index in [4.69, 9.17) is 9.47 Å². The first kappa shape index (κ1) is 11.6. The van der Waals surface area contributed by atoms with Gasteiger partial charge in [0.25, 0.3) is 0 Å². The Morgan fingerprint density at radius 1 is 1.35 bits per heavy atom. The smallest absolute Gasteiger partial charge is 0.229 e. The van der Waals surface area contributed by atoms with Crippen LogP contribution >= 0.6 is 0 Å². The molecule has 2 aromatic rings. The molecular weight excluding hydrogens is 222 g/mol. The van der Waals surface area contributed by atoms with Crippen LogP contribution < -0.4 is 10.1 Å². The second-order valence-electron chi connectivity index (χ2n) is 3.28. The van der Waals surface area contributed by atoms with Crippen molar-refractivity contribution in [1.29, 1.82) is 0 Å². The molecule has 7 nitrogen and oxygen atoms in total. The van der Waals surface area contributed by atoms with E-state index in [0.29, 0.717) is 37.3 Å². The number of aromatic nitrogens is 4. The summed E-state index contributed by atoms with van der Waals surface area (Å²) >= 11 is 0. The van der Waals surface area contributed by atoms with Crippen LogP contribution in [-0.2, 0) is 4.74 Å². The first-order valence-electron chi connectivity index (χ1n) is 5.44. The van der Waals surface area contributed by atoms with E-state index < -0.39 is 0 Å². The van der Waals surface area contributed by atoms with Crippen molar-refractivity contribution in [3.05, 3.63) is 6.20 Å². The molecule has 2 heterocycles. The van der Waals surface area contributed by atoms with Crippen LogP contribution in [0, 0.1) is 0 Å². The molecule has 0 saturated carbocycles. The van der Waals surface area contributed by atoms with Crippen molar-refractivity contribution in [2.45, 2.75) is 6.92 Å². The Balaban J connectivity index is 2.16. The second-order valence-corrected chi connectivity index (χ2v) is 3.28. The Hall–Kier alpha value is -1.89. The molecule has 17 heavy (non-hydrogen) atoms. The monoisotopic (exact) mass is 237 g/mol. The fourth-order valence-electron chi connectivity index (χ4n) is 1.37. The fraction of sp³-hybridized carbons (Fsp3) is 0.500. The number of hydrogen-bond donors (Lipinski definition) is 2. The number of aromatic amines is 1.